The maximum Gasteiger partial charge on any atom is 0.273 e. The van der Waals surface area contributed by atoms with E-state index in [9.17, 15) is 14.9 Å². The van der Waals surface area contributed by atoms with Gasteiger partial charge < -0.3 is 10.1 Å². The summed E-state index contributed by atoms with van der Waals surface area (Å²) in [6.45, 7) is 3.05. The molecule has 1 aliphatic heterocycles. The fraction of sp³-hybridized carbons (Fsp3) is 0.375. The number of hydrogen-bond acceptors (Lipinski definition) is 5. The number of carbonyl (C=O) groups excluding carboxylic acids is 1. The van der Waals surface area contributed by atoms with Crippen LogP contribution in [-0.4, -0.2) is 33.8 Å². The van der Waals surface area contributed by atoms with Crippen LogP contribution in [0, 0.1) is 17.0 Å². The third kappa shape index (κ3) is 3.43. The van der Waals surface area contributed by atoms with Crippen molar-refractivity contribution in [3.63, 3.8) is 0 Å². The fourth-order valence-electron chi connectivity index (χ4n) is 2.70. The van der Waals surface area contributed by atoms with Crippen molar-refractivity contribution in [3.8, 4) is 0 Å². The average molecular weight is 330 g/mol. The number of benzene rings is 1. The van der Waals surface area contributed by atoms with E-state index in [0.29, 0.717) is 24.5 Å². The molecule has 0 aliphatic carbocycles. The molecule has 1 amide bonds. The van der Waals surface area contributed by atoms with E-state index in [-0.39, 0.29) is 17.3 Å². The Bertz CT molecular complexity index is 765. The molecule has 1 saturated heterocycles. The van der Waals surface area contributed by atoms with Gasteiger partial charge in [0.1, 0.15) is 0 Å². The Morgan fingerprint density at radius 2 is 2.17 bits per heavy atom. The largest absolute Gasteiger partial charge is 0.381 e. The summed E-state index contributed by atoms with van der Waals surface area (Å²) in [5, 5.41) is 18.0. The van der Waals surface area contributed by atoms with Gasteiger partial charge in [0, 0.05) is 36.6 Å². The lowest BCUT2D eigenvalue weighted by Gasteiger charge is -2.22. The van der Waals surface area contributed by atoms with Gasteiger partial charge in [-0.1, -0.05) is 6.07 Å². The zero-order chi connectivity index (χ0) is 17.1. The zero-order valence-electron chi connectivity index (χ0n) is 13.3. The molecular weight excluding hydrogens is 312 g/mol. The number of nitrogens with one attached hydrogen (secondary N) is 1. The highest BCUT2D eigenvalue weighted by Gasteiger charge is 2.18. The summed E-state index contributed by atoms with van der Waals surface area (Å²) in [5.41, 5.74) is 1.25. The normalized spacial score (nSPS) is 15.2. The number of nitro groups is 1. The Morgan fingerprint density at radius 1 is 1.42 bits per heavy atom. The van der Waals surface area contributed by atoms with Crippen molar-refractivity contribution in [1.29, 1.82) is 0 Å². The number of hydrogen-bond donors (Lipinski definition) is 1. The smallest absolute Gasteiger partial charge is 0.273 e. The topological polar surface area (TPSA) is 99.3 Å². The molecule has 2 aromatic rings. The lowest BCUT2D eigenvalue weighted by molar-refractivity contribution is -0.385. The van der Waals surface area contributed by atoms with Gasteiger partial charge in [0.2, 0.25) is 0 Å². The van der Waals surface area contributed by atoms with E-state index in [1.165, 1.54) is 6.07 Å². The van der Waals surface area contributed by atoms with Crippen LogP contribution < -0.4 is 5.32 Å². The van der Waals surface area contributed by atoms with E-state index >= 15 is 0 Å². The number of rotatable bonds is 4. The van der Waals surface area contributed by atoms with Gasteiger partial charge in [-0.25, -0.2) is 0 Å². The first kappa shape index (κ1) is 16.1. The number of carbonyl (C=O) groups is 1. The molecule has 2 heterocycles. The average Bonchev–Trinajstić information content (AvgIpc) is 3.04. The van der Waals surface area contributed by atoms with Crippen molar-refractivity contribution in [2.45, 2.75) is 25.8 Å². The highest BCUT2D eigenvalue weighted by atomic mass is 16.6. The number of anilines is 1. The van der Waals surface area contributed by atoms with Gasteiger partial charge in [-0.05, 0) is 25.8 Å². The predicted molar refractivity (Wildman–Crippen MR) is 87.1 cm³/mol. The monoisotopic (exact) mass is 330 g/mol. The van der Waals surface area contributed by atoms with Crippen molar-refractivity contribution in [2.75, 3.05) is 18.5 Å². The Morgan fingerprint density at radius 3 is 2.88 bits per heavy atom. The maximum absolute atomic E-state index is 12.3. The summed E-state index contributed by atoms with van der Waals surface area (Å²) >= 11 is 0. The molecule has 126 valence electrons. The molecule has 1 fully saturated rings. The second-order valence-corrected chi connectivity index (χ2v) is 5.77. The minimum absolute atomic E-state index is 0.0689. The van der Waals surface area contributed by atoms with Gasteiger partial charge >= 0.3 is 0 Å². The molecule has 0 spiro atoms. The molecule has 0 atom stereocenters. The molecule has 8 nitrogen and oxygen atoms in total. The van der Waals surface area contributed by atoms with Crippen LogP contribution in [-0.2, 0) is 4.74 Å². The summed E-state index contributed by atoms with van der Waals surface area (Å²) in [4.78, 5) is 22.8. The SMILES string of the molecule is Cc1ccc(C(=O)Nc2cnn(C3CCOCC3)c2)cc1[N+](=O)[O-]. The first-order chi connectivity index (χ1) is 11.5. The molecule has 3 rings (SSSR count). The van der Waals surface area contributed by atoms with Crippen molar-refractivity contribution in [1.82, 2.24) is 9.78 Å². The third-order valence-corrected chi connectivity index (χ3v) is 4.09. The van der Waals surface area contributed by atoms with Crippen molar-refractivity contribution >= 4 is 17.3 Å². The molecule has 0 radical (unpaired) electrons. The van der Waals surface area contributed by atoms with E-state index in [1.54, 1.807) is 31.5 Å². The van der Waals surface area contributed by atoms with E-state index < -0.39 is 10.8 Å². The van der Waals surface area contributed by atoms with Crippen LogP contribution in [0.1, 0.15) is 34.8 Å². The molecular formula is C16H18N4O4. The van der Waals surface area contributed by atoms with Crippen LogP contribution in [0.3, 0.4) is 0 Å². The first-order valence-corrected chi connectivity index (χ1v) is 7.73. The fourth-order valence-corrected chi connectivity index (χ4v) is 2.70. The molecule has 0 saturated carbocycles. The number of ether oxygens (including phenoxy) is 1. The summed E-state index contributed by atoms with van der Waals surface area (Å²) in [7, 11) is 0. The third-order valence-electron chi connectivity index (χ3n) is 4.09. The molecule has 1 N–H and O–H groups in total. The molecule has 1 aromatic heterocycles. The van der Waals surface area contributed by atoms with Crippen molar-refractivity contribution in [2.24, 2.45) is 0 Å². The predicted octanol–water partition coefficient (Wildman–Crippen LogP) is 2.70. The maximum atomic E-state index is 12.3. The summed E-state index contributed by atoms with van der Waals surface area (Å²) in [6, 6.07) is 4.69. The second-order valence-electron chi connectivity index (χ2n) is 5.77. The molecule has 1 aliphatic rings. The minimum atomic E-state index is -0.491. The molecule has 8 heteroatoms. The highest BCUT2D eigenvalue weighted by molar-refractivity contribution is 6.04. The Labute approximate surface area is 138 Å². The van der Waals surface area contributed by atoms with Crippen LogP contribution in [0.5, 0.6) is 0 Å². The van der Waals surface area contributed by atoms with Gasteiger partial charge in [-0.3, -0.25) is 19.6 Å². The van der Waals surface area contributed by atoms with Gasteiger partial charge in [0.05, 0.1) is 22.8 Å². The zero-order valence-corrected chi connectivity index (χ0v) is 13.3. The number of amides is 1. The summed E-state index contributed by atoms with van der Waals surface area (Å²) in [6.07, 6.45) is 5.13. The molecule has 0 bridgehead atoms. The minimum Gasteiger partial charge on any atom is -0.381 e. The number of nitro benzene ring substituents is 1. The van der Waals surface area contributed by atoms with Crippen LogP contribution in [0.25, 0.3) is 0 Å². The van der Waals surface area contributed by atoms with Crippen molar-refractivity contribution in [3.05, 3.63) is 51.8 Å². The van der Waals surface area contributed by atoms with Gasteiger partial charge in [-0.15, -0.1) is 0 Å². The molecule has 1 aromatic carbocycles. The van der Waals surface area contributed by atoms with Crippen LogP contribution >= 0.6 is 0 Å². The number of nitrogens with zero attached hydrogens (tertiary/aromatic N) is 3. The first-order valence-electron chi connectivity index (χ1n) is 7.73. The second kappa shape index (κ2) is 6.79. The molecule has 24 heavy (non-hydrogen) atoms. The van der Waals surface area contributed by atoms with Gasteiger partial charge in [-0.2, -0.15) is 5.10 Å². The Hall–Kier alpha value is -2.74. The summed E-state index contributed by atoms with van der Waals surface area (Å²) in [5.74, 6) is -0.398. The highest BCUT2D eigenvalue weighted by Crippen LogP contribution is 2.23. The van der Waals surface area contributed by atoms with Gasteiger partial charge in [0.25, 0.3) is 11.6 Å². The lowest BCUT2D eigenvalue weighted by Crippen LogP contribution is -2.19. The van der Waals surface area contributed by atoms with E-state index in [2.05, 4.69) is 10.4 Å². The number of aryl methyl sites for hydroxylation is 1. The summed E-state index contributed by atoms with van der Waals surface area (Å²) < 4.78 is 7.15. The lowest BCUT2D eigenvalue weighted by atomic mass is 10.1. The van der Waals surface area contributed by atoms with Crippen LogP contribution in [0.2, 0.25) is 0 Å². The van der Waals surface area contributed by atoms with Crippen LogP contribution in [0.15, 0.2) is 30.6 Å². The van der Waals surface area contributed by atoms with E-state index in [0.717, 1.165) is 12.8 Å². The molecule has 0 unspecified atom stereocenters. The van der Waals surface area contributed by atoms with E-state index in [1.807, 2.05) is 4.68 Å². The Kier molecular flexibility index (Phi) is 4.57. The van der Waals surface area contributed by atoms with Crippen molar-refractivity contribution < 1.29 is 14.5 Å². The standard InChI is InChI=1S/C16H18N4O4/c1-11-2-3-12(8-15(11)20(22)23)16(21)18-13-9-17-19(10-13)14-4-6-24-7-5-14/h2-3,8-10,14H,4-7H2,1H3,(H,18,21). The van der Waals surface area contributed by atoms with Gasteiger partial charge in [0.15, 0.2) is 0 Å². The number of aromatic nitrogens is 2. The quantitative estimate of drug-likeness (QED) is 0.686. The Balaban J connectivity index is 1.72. The van der Waals surface area contributed by atoms with E-state index in [4.69, 9.17) is 4.74 Å². The van der Waals surface area contributed by atoms with Crippen LogP contribution in [0.4, 0.5) is 11.4 Å².